The van der Waals surface area contributed by atoms with Crippen molar-refractivity contribution in [3.05, 3.63) is 29.3 Å². The highest BCUT2D eigenvalue weighted by atomic mass is 16.5. The average molecular weight is 248 g/mol. The molecule has 2 rings (SSSR count). The molecule has 0 spiro atoms. The Morgan fingerprint density at radius 3 is 2.61 bits per heavy atom. The van der Waals surface area contributed by atoms with Crippen molar-refractivity contribution < 1.29 is 4.74 Å². The maximum Gasteiger partial charge on any atom is 0.123 e. The highest BCUT2D eigenvalue weighted by Gasteiger charge is 2.13. The fourth-order valence-corrected chi connectivity index (χ4v) is 2.39. The second kappa shape index (κ2) is 6.21. The van der Waals surface area contributed by atoms with Crippen molar-refractivity contribution in [2.45, 2.75) is 26.3 Å². The summed E-state index contributed by atoms with van der Waals surface area (Å²) >= 11 is 0. The van der Waals surface area contributed by atoms with Gasteiger partial charge in [-0.1, -0.05) is 26.0 Å². The standard InChI is InChI=1S/C15H24N2O/c1-12(2)13-4-5-15(18-3)14(10-13)11-17-8-6-16-7-9-17/h4-5,10,12,16H,6-9,11H2,1-3H3. The van der Waals surface area contributed by atoms with Gasteiger partial charge in [0.15, 0.2) is 0 Å². The number of ether oxygens (including phenoxy) is 1. The smallest absolute Gasteiger partial charge is 0.123 e. The van der Waals surface area contributed by atoms with Crippen molar-refractivity contribution in [3.63, 3.8) is 0 Å². The molecule has 1 heterocycles. The van der Waals surface area contributed by atoms with Crippen LogP contribution in [0, 0.1) is 0 Å². The third-order valence-corrected chi connectivity index (χ3v) is 3.57. The largest absolute Gasteiger partial charge is 0.496 e. The predicted octanol–water partition coefficient (Wildman–Crippen LogP) is 2.22. The number of methoxy groups -OCH3 is 1. The highest BCUT2D eigenvalue weighted by molar-refractivity contribution is 5.38. The van der Waals surface area contributed by atoms with Crippen LogP contribution in [0.1, 0.15) is 30.9 Å². The van der Waals surface area contributed by atoms with Crippen molar-refractivity contribution in [1.29, 1.82) is 0 Å². The summed E-state index contributed by atoms with van der Waals surface area (Å²) in [5, 5.41) is 3.39. The van der Waals surface area contributed by atoms with Gasteiger partial charge < -0.3 is 10.1 Å². The molecule has 3 nitrogen and oxygen atoms in total. The average Bonchev–Trinajstić information content (AvgIpc) is 2.39. The Bertz CT molecular complexity index is 384. The van der Waals surface area contributed by atoms with Crippen LogP contribution in [0.15, 0.2) is 18.2 Å². The second-order valence-corrected chi connectivity index (χ2v) is 5.25. The maximum absolute atomic E-state index is 5.48. The molecule has 1 fully saturated rings. The van der Waals surface area contributed by atoms with Crippen LogP contribution in [0.5, 0.6) is 5.75 Å². The van der Waals surface area contributed by atoms with E-state index in [9.17, 15) is 0 Å². The van der Waals surface area contributed by atoms with E-state index in [0.29, 0.717) is 5.92 Å². The molecular formula is C15H24N2O. The molecule has 0 bridgehead atoms. The molecule has 0 radical (unpaired) electrons. The van der Waals surface area contributed by atoms with E-state index in [0.717, 1.165) is 38.5 Å². The van der Waals surface area contributed by atoms with Crippen molar-refractivity contribution in [3.8, 4) is 5.75 Å². The lowest BCUT2D eigenvalue weighted by Crippen LogP contribution is -2.42. The van der Waals surface area contributed by atoms with Gasteiger partial charge in [0.25, 0.3) is 0 Å². The minimum absolute atomic E-state index is 0.567. The molecule has 0 aliphatic carbocycles. The first kappa shape index (κ1) is 13.4. The second-order valence-electron chi connectivity index (χ2n) is 5.25. The molecule has 18 heavy (non-hydrogen) atoms. The minimum atomic E-state index is 0.567. The van der Waals surface area contributed by atoms with E-state index in [1.807, 2.05) is 0 Å². The van der Waals surface area contributed by atoms with E-state index in [4.69, 9.17) is 4.74 Å². The van der Waals surface area contributed by atoms with E-state index in [-0.39, 0.29) is 0 Å². The Hall–Kier alpha value is -1.06. The van der Waals surface area contributed by atoms with Gasteiger partial charge >= 0.3 is 0 Å². The third kappa shape index (κ3) is 3.24. The van der Waals surface area contributed by atoms with Crippen LogP contribution in [0.2, 0.25) is 0 Å². The molecule has 1 aliphatic heterocycles. The van der Waals surface area contributed by atoms with Crippen LogP contribution in [0.3, 0.4) is 0 Å². The number of piperazine rings is 1. The summed E-state index contributed by atoms with van der Waals surface area (Å²) in [6.07, 6.45) is 0. The van der Waals surface area contributed by atoms with E-state index in [2.05, 4.69) is 42.3 Å². The molecule has 0 unspecified atom stereocenters. The van der Waals surface area contributed by atoms with Gasteiger partial charge in [-0.25, -0.2) is 0 Å². The van der Waals surface area contributed by atoms with Crippen LogP contribution in [-0.4, -0.2) is 38.2 Å². The van der Waals surface area contributed by atoms with Gasteiger partial charge in [-0.05, 0) is 17.5 Å². The summed E-state index contributed by atoms with van der Waals surface area (Å²) in [6.45, 7) is 9.88. The van der Waals surface area contributed by atoms with Crippen molar-refractivity contribution in [2.24, 2.45) is 0 Å². The van der Waals surface area contributed by atoms with Gasteiger partial charge in [-0.3, -0.25) is 4.90 Å². The first-order chi connectivity index (χ1) is 8.70. The molecule has 3 heteroatoms. The molecule has 1 aromatic rings. The Morgan fingerprint density at radius 2 is 2.00 bits per heavy atom. The van der Waals surface area contributed by atoms with Crippen molar-refractivity contribution >= 4 is 0 Å². The van der Waals surface area contributed by atoms with Crippen LogP contribution in [-0.2, 0) is 6.54 Å². The lowest BCUT2D eigenvalue weighted by Gasteiger charge is -2.28. The zero-order valence-corrected chi connectivity index (χ0v) is 11.7. The molecule has 0 amide bonds. The summed E-state index contributed by atoms with van der Waals surface area (Å²) in [6, 6.07) is 6.57. The SMILES string of the molecule is COc1ccc(C(C)C)cc1CN1CCNCC1. The number of nitrogens with zero attached hydrogens (tertiary/aromatic N) is 1. The maximum atomic E-state index is 5.48. The minimum Gasteiger partial charge on any atom is -0.496 e. The Labute approximate surface area is 110 Å². The van der Waals surface area contributed by atoms with Gasteiger partial charge in [0, 0.05) is 38.3 Å². The Balaban J connectivity index is 2.15. The van der Waals surface area contributed by atoms with Gasteiger partial charge in [0.05, 0.1) is 7.11 Å². The summed E-state index contributed by atoms with van der Waals surface area (Å²) < 4.78 is 5.48. The first-order valence-electron chi connectivity index (χ1n) is 6.80. The summed E-state index contributed by atoms with van der Waals surface area (Å²) in [7, 11) is 1.76. The van der Waals surface area contributed by atoms with E-state index in [1.165, 1.54) is 11.1 Å². The normalized spacial score (nSPS) is 17.1. The van der Waals surface area contributed by atoms with E-state index >= 15 is 0 Å². The molecule has 1 N–H and O–H groups in total. The predicted molar refractivity (Wildman–Crippen MR) is 75.2 cm³/mol. The van der Waals surface area contributed by atoms with Crippen LogP contribution in [0.25, 0.3) is 0 Å². The lowest BCUT2D eigenvalue weighted by atomic mass is 10.00. The lowest BCUT2D eigenvalue weighted by molar-refractivity contribution is 0.230. The molecule has 1 saturated heterocycles. The molecule has 100 valence electrons. The molecule has 1 aromatic carbocycles. The molecule has 0 atom stereocenters. The zero-order valence-electron chi connectivity index (χ0n) is 11.7. The van der Waals surface area contributed by atoms with Crippen molar-refractivity contribution in [2.75, 3.05) is 33.3 Å². The van der Waals surface area contributed by atoms with Crippen LogP contribution < -0.4 is 10.1 Å². The number of nitrogens with one attached hydrogen (secondary N) is 1. The number of benzene rings is 1. The third-order valence-electron chi connectivity index (χ3n) is 3.57. The summed E-state index contributed by atoms with van der Waals surface area (Å²) in [5.74, 6) is 1.58. The quantitative estimate of drug-likeness (QED) is 0.884. The Morgan fingerprint density at radius 1 is 1.28 bits per heavy atom. The van der Waals surface area contributed by atoms with E-state index < -0.39 is 0 Å². The van der Waals surface area contributed by atoms with Crippen LogP contribution in [0.4, 0.5) is 0 Å². The molecule has 0 saturated carbocycles. The zero-order chi connectivity index (χ0) is 13.0. The van der Waals surface area contributed by atoms with Crippen LogP contribution >= 0.6 is 0 Å². The molecule has 0 aromatic heterocycles. The summed E-state index contributed by atoms with van der Waals surface area (Å²) in [4.78, 5) is 2.48. The highest BCUT2D eigenvalue weighted by Crippen LogP contribution is 2.25. The van der Waals surface area contributed by atoms with Gasteiger partial charge in [0.2, 0.25) is 0 Å². The number of rotatable bonds is 4. The molecular weight excluding hydrogens is 224 g/mol. The van der Waals surface area contributed by atoms with Gasteiger partial charge in [-0.15, -0.1) is 0 Å². The molecule has 1 aliphatic rings. The van der Waals surface area contributed by atoms with Gasteiger partial charge in [0.1, 0.15) is 5.75 Å². The van der Waals surface area contributed by atoms with Crippen molar-refractivity contribution in [1.82, 2.24) is 10.2 Å². The Kier molecular flexibility index (Phi) is 4.61. The first-order valence-corrected chi connectivity index (χ1v) is 6.80. The van der Waals surface area contributed by atoms with Gasteiger partial charge in [-0.2, -0.15) is 0 Å². The monoisotopic (exact) mass is 248 g/mol. The fourth-order valence-electron chi connectivity index (χ4n) is 2.39. The van der Waals surface area contributed by atoms with E-state index in [1.54, 1.807) is 7.11 Å². The number of hydrogen-bond donors (Lipinski definition) is 1. The topological polar surface area (TPSA) is 24.5 Å². The summed E-state index contributed by atoms with van der Waals surface area (Å²) in [5.41, 5.74) is 2.70. The fraction of sp³-hybridized carbons (Fsp3) is 0.600. The number of hydrogen-bond acceptors (Lipinski definition) is 3.